The lowest BCUT2D eigenvalue weighted by molar-refractivity contribution is 0.468. The molecule has 0 radical (unpaired) electrons. The van der Waals surface area contributed by atoms with Crippen molar-refractivity contribution < 1.29 is 0 Å². The zero-order chi connectivity index (χ0) is 10.7. The van der Waals surface area contributed by atoms with Gasteiger partial charge in [0.1, 0.15) is 0 Å². The summed E-state index contributed by atoms with van der Waals surface area (Å²) in [5, 5.41) is 12.1. The molecule has 1 heterocycles. The maximum atomic E-state index is 8.67. The van der Waals surface area contributed by atoms with Gasteiger partial charge >= 0.3 is 0 Å². The Bertz CT molecular complexity index is 376. The van der Waals surface area contributed by atoms with E-state index in [4.69, 9.17) is 16.9 Å². The molecule has 0 atom stereocenters. The van der Waals surface area contributed by atoms with E-state index in [0.717, 1.165) is 17.4 Å². The van der Waals surface area contributed by atoms with E-state index in [2.05, 4.69) is 11.4 Å². The summed E-state index contributed by atoms with van der Waals surface area (Å²) in [4.78, 5) is 1.26. The molecular formula is C11H13ClN2S. The molecule has 15 heavy (non-hydrogen) atoms. The van der Waals surface area contributed by atoms with Crippen molar-refractivity contribution in [1.29, 1.82) is 5.26 Å². The molecule has 0 aromatic carbocycles. The van der Waals surface area contributed by atoms with Gasteiger partial charge in [-0.1, -0.05) is 11.6 Å². The number of rotatable bonds is 5. The Morgan fingerprint density at radius 2 is 2.33 bits per heavy atom. The molecule has 2 nitrogen and oxygen atoms in total. The Morgan fingerprint density at radius 3 is 2.87 bits per heavy atom. The van der Waals surface area contributed by atoms with E-state index in [1.165, 1.54) is 17.7 Å². The van der Waals surface area contributed by atoms with E-state index in [9.17, 15) is 0 Å². The highest BCUT2D eigenvalue weighted by Crippen LogP contribution is 2.47. The summed E-state index contributed by atoms with van der Waals surface area (Å²) in [6.45, 7) is 1.82. The number of nitrogens with one attached hydrogen (secondary N) is 1. The van der Waals surface area contributed by atoms with Gasteiger partial charge in [0.05, 0.1) is 10.4 Å². The minimum Gasteiger partial charge on any atom is -0.311 e. The smallest absolute Gasteiger partial charge is 0.0931 e. The average molecular weight is 241 g/mol. The Labute approximate surface area is 98.9 Å². The third-order valence-electron chi connectivity index (χ3n) is 2.84. The molecule has 1 aromatic rings. The maximum Gasteiger partial charge on any atom is 0.0931 e. The highest BCUT2D eigenvalue weighted by molar-refractivity contribution is 7.16. The molecule has 2 rings (SSSR count). The van der Waals surface area contributed by atoms with E-state index in [-0.39, 0.29) is 5.41 Å². The van der Waals surface area contributed by atoms with E-state index in [1.54, 1.807) is 11.3 Å². The standard InChI is InChI=1S/C11H13ClN2S/c12-10-2-1-9(15-10)7-14-8-11(3-4-11)5-6-13/h1-2,14H,3-5,7-8H2. The number of thiophene rings is 1. The molecular weight excluding hydrogens is 228 g/mol. The highest BCUT2D eigenvalue weighted by Gasteiger charge is 2.41. The van der Waals surface area contributed by atoms with Crippen LogP contribution in [0.15, 0.2) is 12.1 Å². The lowest BCUT2D eigenvalue weighted by Gasteiger charge is -2.11. The molecule has 1 aliphatic rings. The lowest BCUT2D eigenvalue weighted by atomic mass is 10.0. The van der Waals surface area contributed by atoms with Crippen LogP contribution in [-0.2, 0) is 6.54 Å². The second kappa shape index (κ2) is 4.52. The third kappa shape index (κ3) is 2.94. The molecule has 0 saturated heterocycles. The maximum absolute atomic E-state index is 8.67. The SMILES string of the molecule is N#CCC1(CNCc2ccc(Cl)s2)CC1. The van der Waals surface area contributed by atoms with Crippen LogP contribution in [0.5, 0.6) is 0 Å². The monoisotopic (exact) mass is 240 g/mol. The molecule has 1 saturated carbocycles. The van der Waals surface area contributed by atoms with Crippen molar-refractivity contribution in [1.82, 2.24) is 5.32 Å². The zero-order valence-corrected chi connectivity index (χ0v) is 10.00. The number of nitriles is 1. The summed E-state index contributed by atoms with van der Waals surface area (Å²) >= 11 is 7.45. The first-order valence-corrected chi connectivity index (χ1v) is 6.25. The van der Waals surface area contributed by atoms with Gasteiger partial charge in [0, 0.05) is 24.4 Å². The molecule has 0 bridgehead atoms. The van der Waals surface area contributed by atoms with E-state index >= 15 is 0 Å². The van der Waals surface area contributed by atoms with E-state index in [1.807, 2.05) is 12.1 Å². The Morgan fingerprint density at radius 1 is 1.53 bits per heavy atom. The Hall–Kier alpha value is -0.560. The molecule has 1 fully saturated rings. The van der Waals surface area contributed by atoms with E-state index in [0.29, 0.717) is 6.42 Å². The first-order chi connectivity index (χ1) is 7.24. The van der Waals surface area contributed by atoms with Gasteiger partial charge in [0.15, 0.2) is 0 Å². The predicted molar refractivity (Wildman–Crippen MR) is 62.9 cm³/mol. The minimum atomic E-state index is 0.288. The molecule has 1 N–H and O–H groups in total. The van der Waals surface area contributed by atoms with Crippen molar-refractivity contribution in [3.05, 3.63) is 21.3 Å². The summed E-state index contributed by atoms with van der Waals surface area (Å²) in [7, 11) is 0. The first-order valence-electron chi connectivity index (χ1n) is 5.06. The Balaban J connectivity index is 1.74. The molecule has 0 spiro atoms. The topological polar surface area (TPSA) is 35.8 Å². The van der Waals surface area contributed by atoms with Crippen molar-refractivity contribution in [3.63, 3.8) is 0 Å². The van der Waals surface area contributed by atoms with Crippen molar-refractivity contribution in [2.75, 3.05) is 6.54 Å². The zero-order valence-electron chi connectivity index (χ0n) is 8.42. The van der Waals surface area contributed by atoms with Crippen LogP contribution in [-0.4, -0.2) is 6.54 Å². The second-order valence-corrected chi connectivity index (χ2v) is 5.94. The van der Waals surface area contributed by atoms with Gasteiger partial charge in [-0.25, -0.2) is 0 Å². The van der Waals surface area contributed by atoms with Crippen LogP contribution in [0.1, 0.15) is 24.1 Å². The van der Waals surface area contributed by atoms with E-state index < -0.39 is 0 Å². The van der Waals surface area contributed by atoms with Crippen LogP contribution in [0.3, 0.4) is 0 Å². The number of nitrogens with zero attached hydrogens (tertiary/aromatic N) is 1. The Kier molecular flexibility index (Phi) is 3.30. The van der Waals surface area contributed by atoms with Gasteiger partial charge in [0.25, 0.3) is 0 Å². The van der Waals surface area contributed by atoms with Crippen LogP contribution >= 0.6 is 22.9 Å². The summed E-state index contributed by atoms with van der Waals surface area (Å²) < 4.78 is 0.838. The first kappa shape index (κ1) is 10.9. The van der Waals surface area contributed by atoms with Crippen LogP contribution < -0.4 is 5.32 Å². The summed E-state index contributed by atoms with van der Waals surface area (Å²) in [6.07, 6.45) is 3.07. The largest absolute Gasteiger partial charge is 0.311 e. The normalized spacial score (nSPS) is 17.3. The molecule has 1 aromatic heterocycles. The summed E-state index contributed by atoms with van der Waals surface area (Å²) in [5.41, 5.74) is 0.288. The van der Waals surface area contributed by atoms with Crippen LogP contribution in [0.25, 0.3) is 0 Å². The lowest BCUT2D eigenvalue weighted by Crippen LogP contribution is -2.22. The quantitative estimate of drug-likeness (QED) is 0.858. The fraction of sp³-hybridized carbons (Fsp3) is 0.545. The molecule has 1 aliphatic carbocycles. The average Bonchev–Trinajstić information content (AvgIpc) is 2.83. The van der Waals surface area contributed by atoms with Crippen LogP contribution in [0.2, 0.25) is 4.34 Å². The van der Waals surface area contributed by atoms with Crippen molar-refractivity contribution in [3.8, 4) is 6.07 Å². The molecule has 0 aliphatic heterocycles. The fourth-order valence-electron chi connectivity index (χ4n) is 1.66. The van der Waals surface area contributed by atoms with Crippen LogP contribution in [0.4, 0.5) is 0 Å². The molecule has 0 amide bonds. The number of hydrogen-bond donors (Lipinski definition) is 1. The van der Waals surface area contributed by atoms with Gasteiger partial charge < -0.3 is 5.32 Å². The molecule has 0 unspecified atom stereocenters. The van der Waals surface area contributed by atoms with Gasteiger partial charge in [-0.05, 0) is 30.4 Å². The fourth-order valence-corrected chi connectivity index (χ4v) is 2.72. The summed E-state index contributed by atoms with van der Waals surface area (Å²) in [6, 6.07) is 6.23. The predicted octanol–water partition coefficient (Wildman–Crippen LogP) is 3.18. The van der Waals surface area contributed by atoms with Gasteiger partial charge in [0.2, 0.25) is 0 Å². The third-order valence-corrected chi connectivity index (χ3v) is 4.07. The van der Waals surface area contributed by atoms with Crippen molar-refractivity contribution in [2.45, 2.75) is 25.8 Å². The van der Waals surface area contributed by atoms with Gasteiger partial charge in [-0.3, -0.25) is 0 Å². The molecule has 4 heteroatoms. The molecule has 80 valence electrons. The highest BCUT2D eigenvalue weighted by atomic mass is 35.5. The number of halogens is 1. The number of hydrogen-bond acceptors (Lipinski definition) is 3. The van der Waals surface area contributed by atoms with Crippen LogP contribution in [0, 0.1) is 16.7 Å². The van der Waals surface area contributed by atoms with Crippen molar-refractivity contribution >= 4 is 22.9 Å². The second-order valence-electron chi connectivity index (χ2n) is 4.14. The van der Waals surface area contributed by atoms with Gasteiger partial charge in [-0.2, -0.15) is 5.26 Å². The summed E-state index contributed by atoms with van der Waals surface area (Å²) in [5.74, 6) is 0. The van der Waals surface area contributed by atoms with Crippen molar-refractivity contribution in [2.24, 2.45) is 5.41 Å². The minimum absolute atomic E-state index is 0.288. The van der Waals surface area contributed by atoms with Gasteiger partial charge in [-0.15, -0.1) is 11.3 Å².